The predicted molar refractivity (Wildman–Crippen MR) is 66.5 cm³/mol. The molecule has 18 heavy (non-hydrogen) atoms. The van der Waals surface area contributed by atoms with Crippen LogP contribution in [0.4, 0.5) is 0 Å². The third-order valence-electron chi connectivity index (χ3n) is 2.35. The van der Waals surface area contributed by atoms with E-state index in [0.29, 0.717) is 17.2 Å². The molecule has 0 spiro atoms. The molecule has 0 saturated heterocycles. The van der Waals surface area contributed by atoms with Gasteiger partial charge in [-0.15, -0.1) is 0 Å². The van der Waals surface area contributed by atoms with Crippen molar-refractivity contribution in [2.24, 2.45) is 0 Å². The summed E-state index contributed by atoms with van der Waals surface area (Å²) in [5.41, 5.74) is 0.522. The maximum Gasteiger partial charge on any atom is 0.215 e. The van der Waals surface area contributed by atoms with Crippen molar-refractivity contribution in [1.82, 2.24) is 14.8 Å². The Bertz CT molecular complexity index is 511. The zero-order valence-corrected chi connectivity index (χ0v) is 10.5. The molecule has 1 heterocycles. The van der Waals surface area contributed by atoms with Crippen LogP contribution in [0.1, 0.15) is 23.5 Å². The first kappa shape index (κ1) is 12.7. The van der Waals surface area contributed by atoms with Gasteiger partial charge in [-0.25, -0.2) is 9.67 Å². The van der Waals surface area contributed by atoms with Gasteiger partial charge in [-0.1, -0.05) is 11.6 Å². The number of rotatable bonds is 5. The molecule has 1 aromatic heterocycles. The van der Waals surface area contributed by atoms with E-state index in [0.717, 1.165) is 0 Å². The fourth-order valence-corrected chi connectivity index (χ4v) is 1.65. The van der Waals surface area contributed by atoms with Crippen molar-refractivity contribution in [3.63, 3.8) is 0 Å². The highest BCUT2D eigenvalue weighted by atomic mass is 35.5. The fourth-order valence-electron chi connectivity index (χ4n) is 1.53. The van der Waals surface area contributed by atoms with E-state index in [-0.39, 0.29) is 5.78 Å². The first-order valence-corrected chi connectivity index (χ1v) is 5.85. The minimum absolute atomic E-state index is 0.181. The lowest BCUT2D eigenvalue weighted by molar-refractivity contribution is 0.00887. The number of benzene rings is 1. The number of nitrogens with zero attached hydrogens (tertiary/aromatic N) is 3. The van der Waals surface area contributed by atoms with Gasteiger partial charge >= 0.3 is 0 Å². The molecule has 0 aliphatic rings. The molecule has 0 radical (unpaired) electrons. The molecule has 6 heteroatoms. The van der Waals surface area contributed by atoms with Gasteiger partial charge in [0.25, 0.3) is 0 Å². The Morgan fingerprint density at radius 2 is 2.17 bits per heavy atom. The normalized spacial score (nSPS) is 12.3. The molecule has 0 aliphatic heterocycles. The maximum absolute atomic E-state index is 12.3. The summed E-state index contributed by atoms with van der Waals surface area (Å²) >= 11 is 5.79. The highest BCUT2D eigenvalue weighted by Gasteiger charge is 2.22. The molecule has 0 N–H and O–H groups in total. The van der Waals surface area contributed by atoms with E-state index in [2.05, 4.69) is 10.1 Å². The molecular formula is C12H12ClN3O2. The van der Waals surface area contributed by atoms with E-state index in [9.17, 15) is 4.79 Å². The smallest absolute Gasteiger partial charge is 0.215 e. The van der Waals surface area contributed by atoms with Crippen LogP contribution in [0.3, 0.4) is 0 Å². The number of carbonyl (C=O) groups is 1. The van der Waals surface area contributed by atoms with Crippen LogP contribution >= 0.6 is 11.6 Å². The Morgan fingerprint density at radius 3 is 2.72 bits per heavy atom. The molecule has 2 aromatic rings. The Labute approximate surface area is 109 Å². The molecule has 2 rings (SSSR count). The largest absolute Gasteiger partial charge is 0.350 e. The zero-order chi connectivity index (χ0) is 13.0. The van der Waals surface area contributed by atoms with Crippen LogP contribution < -0.4 is 0 Å². The number of ketones is 1. The number of ether oxygens (including phenoxy) is 1. The standard InChI is InChI=1S/C12H12ClN3O2/c1-2-18-12(16-8-14-7-15-16)11(17)9-3-5-10(13)6-4-9/h3-8,12H,2H2,1H3. The second-order valence-electron chi connectivity index (χ2n) is 3.55. The average molecular weight is 266 g/mol. The lowest BCUT2D eigenvalue weighted by atomic mass is 10.1. The van der Waals surface area contributed by atoms with Crippen LogP contribution in [-0.2, 0) is 4.74 Å². The third kappa shape index (κ3) is 2.75. The molecule has 1 unspecified atom stereocenters. The second-order valence-corrected chi connectivity index (χ2v) is 3.99. The summed E-state index contributed by atoms with van der Waals surface area (Å²) in [6.07, 6.45) is 2.02. The lowest BCUT2D eigenvalue weighted by Crippen LogP contribution is -2.23. The first-order valence-electron chi connectivity index (χ1n) is 5.48. The van der Waals surface area contributed by atoms with E-state index >= 15 is 0 Å². The maximum atomic E-state index is 12.3. The molecular weight excluding hydrogens is 254 g/mol. The highest BCUT2D eigenvalue weighted by molar-refractivity contribution is 6.30. The minimum atomic E-state index is -0.793. The van der Waals surface area contributed by atoms with Crippen LogP contribution in [0, 0.1) is 0 Å². The molecule has 0 aliphatic carbocycles. The summed E-state index contributed by atoms with van der Waals surface area (Å²) in [5, 5.41) is 4.52. The number of carbonyl (C=O) groups excluding carboxylic acids is 1. The van der Waals surface area contributed by atoms with Gasteiger partial charge < -0.3 is 4.74 Å². The number of Topliss-reactive ketones (excluding diaryl/α,β-unsaturated/α-hetero) is 1. The Hall–Kier alpha value is -1.72. The van der Waals surface area contributed by atoms with E-state index in [1.165, 1.54) is 17.3 Å². The topological polar surface area (TPSA) is 57.0 Å². The summed E-state index contributed by atoms with van der Waals surface area (Å²) < 4.78 is 6.80. The molecule has 1 aromatic carbocycles. The molecule has 94 valence electrons. The van der Waals surface area contributed by atoms with Gasteiger partial charge in [0.15, 0.2) is 0 Å². The lowest BCUT2D eigenvalue weighted by Gasteiger charge is -2.15. The Kier molecular flexibility index (Phi) is 4.07. The van der Waals surface area contributed by atoms with Crippen molar-refractivity contribution in [2.45, 2.75) is 13.2 Å². The number of hydrogen-bond donors (Lipinski definition) is 0. The fraction of sp³-hybridized carbons (Fsp3) is 0.250. The SMILES string of the molecule is CCOC(C(=O)c1ccc(Cl)cc1)n1cncn1. The van der Waals surface area contributed by atoms with Gasteiger partial charge in [-0.3, -0.25) is 4.79 Å². The molecule has 0 amide bonds. The quantitative estimate of drug-likeness (QED) is 0.779. The zero-order valence-electron chi connectivity index (χ0n) is 9.78. The summed E-state index contributed by atoms with van der Waals surface area (Å²) in [6.45, 7) is 2.23. The van der Waals surface area contributed by atoms with Crippen LogP contribution in [0.2, 0.25) is 5.02 Å². The first-order chi connectivity index (χ1) is 8.72. The van der Waals surface area contributed by atoms with Gasteiger partial charge in [0, 0.05) is 17.2 Å². The monoisotopic (exact) mass is 265 g/mol. The van der Waals surface area contributed by atoms with E-state index in [4.69, 9.17) is 16.3 Å². The second kappa shape index (κ2) is 5.75. The summed E-state index contributed by atoms with van der Waals surface area (Å²) in [6, 6.07) is 6.65. The van der Waals surface area contributed by atoms with Crippen molar-refractivity contribution in [2.75, 3.05) is 6.61 Å². The van der Waals surface area contributed by atoms with Crippen molar-refractivity contribution in [3.8, 4) is 0 Å². The molecule has 0 fully saturated rings. The molecule has 0 saturated carbocycles. The number of aromatic nitrogens is 3. The summed E-state index contributed by atoms with van der Waals surface area (Å²) in [4.78, 5) is 16.1. The summed E-state index contributed by atoms with van der Waals surface area (Å²) in [5.74, 6) is -0.181. The van der Waals surface area contributed by atoms with Gasteiger partial charge in [-0.05, 0) is 31.2 Å². The van der Waals surface area contributed by atoms with E-state index in [1.54, 1.807) is 24.3 Å². The van der Waals surface area contributed by atoms with Crippen molar-refractivity contribution in [1.29, 1.82) is 0 Å². The van der Waals surface area contributed by atoms with Crippen LogP contribution in [-0.4, -0.2) is 27.2 Å². The van der Waals surface area contributed by atoms with Crippen molar-refractivity contribution < 1.29 is 9.53 Å². The third-order valence-corrected chi connectivity index (χ3v) is 2.61. The minimum Gasteiger partial charge on any atom is -0.350 e. The van der Waals surface area contributed by atoms with Crippen LogP contribution in [0.15, 0.2) is 36.9 Å². The van der Waals surface area contributed by atoms with Crippen molar-refractivity contribution in [3.05, 3.63) is 47.5 Å². The average Bonchev–Trinajstić information content (AvgIpc) is 2.90. The van der Waals surface area contributed by atoms with Crippen molar-refractivity contribution >= 4 is 17.4 Å². The van der Waals surface area contributed by atoms with Gasteiger partial charge in [-0.2, -0.15) is 5.10 Å². The molecule has 0 bridgehead atoms. The van der Waals surface area contributed by atoms with Gasteiger partial charge in [0.05, 0.1) is 0 Å². The van der Waals surface area contributed by atoms with Gasteiger partial charge in [0.1, 0.15) is 12.7 Å². The van der Waals surface area contributed by atoms with E-state index in [1.807, 2.05) is 6.92 Å². The van der Waals surface area contributed by atoms with E-state index < -0.39 is 6.23 Å². The summed E-state index contributed by atoms with van der Waals surface area (Å²) in [7, 11) is 0. The molecule has 5 nitrogen and oxygen atoms in total. The highest BCUT2D eigenvalue weighted by Crippen LogP contribution is 2.17. The van der Waals surface area contributed by atoms with Crippen LogP contribution in [0.25, 0.3) is 0 Å². The van der Waals surface area contributed by atoms with Gasteiger partial charge in [0.2, 0.25) is 12.0 Å². The Morgan fingerprint density at radius 1 is 1.44 bits per heavy atom. The van der Waals surface area contributed by atoms with Crippen LogP contribution in [0.5, 0.6) is 0 Å². The molecule has 1 atom stereocenters. The number of hydrogen-bond acceptors (Lipinski definition) is 4. The number of halogens is 1. The Balaban J connectivity index is 2.26. The predicted octanol–water partition coefficient (Wildman–Crippen LogP) is 2.35.